The van der Waals surface area contributed by atoms with E-state index in [1.807, 2.05) is 108 Å². The van der Waals surface area contributed by atoms with E-state index in [-0.39, 0.29) is 75.3 Å². The van der Waals surface area contributed by atoms with Crippen LogP contribution in [-0.4, -0.2) is 107 Å². The summed E-state index contributed by atoms with van der Waals surface area (Å²) in [6, 6.07) is 15.7. The third-order valence-corrected chi connectivity index (χ3v) is 22.4. The van der Waals surface area contributed by atoms with E-state index < -0.39 is 98.4 Å². The van der Waals surface area contributed by atoms with Crippen molar-refractivity contribution in [3.05, 3.63) is 107 Å². The Morgan fingerprint density at radius 1 is 0.720 bits per heavy atom. The van der Waals surface area contributed by atoms with Gasteiger partial charge < -0.3 is 44.4 Å². The van der Waals surface area contributed by atoms with Gasteiger partial charge in [-0.15, -0.1) is 0 Å². The van der Waals surface area contributed by atoms with Crippen molar-refractivity contribution in [3.63, 3.8) is 0 Å². The molecule has 82 heavy (non-hydrogen) atoms. The van der Waals surface area contributed by atoms with Gasteiger partial charge in [0.2, 0.25) is 11.6 Å². The van der Waals surface area contributed by atoms with Crippen LogP contribution in [0.3, 0.4) is 0 Å². The summed E-state index contributed by atoms with van der Waals surface area (Å²) < 4.78 is 70.5. The van der Waals surface area contributed by atoms with Gasteiger partial charge in [-0.3, -0.25) is 19.2 Å². The largest absolute Gasteiger partial charge is 0.457 e. The fourth-order valence-corrected chi connectivity index (χ4v) is 18.2. The molecular weight excluding hydrogens is 1050 g/mol. The Kier molecular flexibility index (Phi) is 15.6. The lowest BCUT2D eigenvalue weighted by molar-refractivity contribution is -0.277. The number of nitrogens with zero attached hydrogens (tertiary/aromatic N) is 1. The molecular formula is C66H84F2N2O12. The first-order chi connectivity index (χ1) is 38.7. The highest BCUT2D eigenvalue weighted by Crippen LogP contribution is 2.75. The maximum atomic E-state index is 17.9. The van der Waals surface area contributed by atoms with Crippen LogP contribution in [0.4, 0.5) is 20.2 Å². The summed E-state index contributed by atoms with van der Waals surface area (Å²) in [7, 11) is 0. The van der Waals surface area contributed by atoms with Crippen molar-refractivity contribution in [2.75, 3.05) is 32.5 Å². The number of aliphatic hydroxyl groups excluding tert-OH is 2. The summed E-state index contributed by atoms with van der Waals surface area (Å²) in [5.41, 5.74) is 1.91. The zero-order valence-electron chi connectivity index (χ0n) is 49.4. The van der Waals surface area contributed by atoms with Crippen molar-refractivity contribution in [3.8, 4) is 0 Å². The van der Waals surface area contributed by atoms with Crippen molar-refractivity contribution in [1.29, 1.82) is 0 Å². The standard InChI is InChI=1S/C35H44FNO6.C24H31FO6.C7H9N/c1-7-30(40)42-20-29(39)35(43-31(41)8-2)22(4)17-26-25-14-13-23-18-24(37-27-12-10-9-11-21(27)3)15-16-32(23,5)34(25,36)28(38)19-33(26,35)6;1-14-8-18-17-5-4-15-9-16(26)6-7-20(15,2)23(17,25)19(27)10-21(18,3)24(14)22(30-13-31-24)11-28-12-29-22;1-6-4-2-3-5-7(6)8/h9-12,15-16,18,22,25-26,28,38H,7-8,13-14,17,19-20H2,1-6H3;6-7,9,14,17-19,27H,4-5,8,10-13H2,1-3H3;2-5H,8H2,1H3/t22-,25-,26-,28-,32-,33-,34-,35-;14-,17-,18-,19-,20-,21-,22?,23-,24+;/m00./s1. The molecule has 0 amide bonds. The molecule has 2 heterocycles. The van der Waals surface area contributed by atoms with Crippen LogP contribution in [0.2, 0.25) is 0 Å². The van der Waals surface area contributed by atoms with Crippen LogP contribution < -0.4 is 5.73 Å². The number of allylic oxidation sites excluding steroid dienone is 8. The first-order valence-electron chi connectivity index (χ1n) is 29.7. The van der Waals surface area contributed by atoms with E-state index in [4.69, 9.17) is 39.1 Å². The topological polar surface area (TPSA) is 202 Å². The molecule has 8 aliphatic carbocycles. The minimum atomic E-state index is -2.01. The second kappa shape index (κ2) is 21.4. The zero-order valence-corrected chi connectivity index (χ0v) is 49.4. The monoisotopic (exact) mass is 1130 g/mol. The highest BCUT2D eigenvalue weighted by atomic mass is 19.1. The number of rotatable bonds is 7. The molecule has 444 valence electrons. The molecule has 16 heteroatoms. The quantitative estimate of drug-likeness (QED) is 0.175. The number of Topliss-reactive ketones (excluding diaryl/α,β-unsaturated/α-hetero) is 1. The van der Waals surface area contributed by atoms with E-state index in [2.05, 4.69) is 13.8 Å². The number of aliphatic hydroxyl groups is 2. The number of para-hydroxylation sites is 2. The number of anilines is 1. The number of ether oxygens (including phenoxy) is 6. The molecule has 0 bridgehead atoms. The average molecular weight is 1140 g/mol. The fraction of sp³-hybridized carbons (Fsp3) is 0.621. The van der Waals surface area contributed by atoms with Crippen molar-refractivity contribution in [2.24, 2.45) is 62.2 Å². The number of carbonyl (C=O) groups excluding carboxylic acids is 4. The van der Waals surface area contributed by atoms with Gasteiger partial charge in [0.25, 0.3) is 0 Å². The summed E-state index contributed by atoms with van der Waals surface area (Å²) in [6.45, 7) is 18.9. The van der Waals surface area contributed by atoms with Gasteiger partial charge in [0.15, 0.2) is 42.9 Å². The number of esters is 2. The number of benzene rings is 2. The minimum absolute atomic E-state index is 0.0110. The van der Waals surface area contributed by atoms with Gasteiger partial charge in [0.05, 0.1) is 23.6 Å². The average Bonchev–Trinajstić information content (AvgIpc) is 1.43. The molecule has 10 aliphatic rings. The number of hydrogen-bond donors (Lipinski definition) is 3. The van der Waals surface area contributed by atoms with Crippen LogP contribution in [0.25, 0.3) is 0 Å². The normalized spacial score (nSPS) is 43.1. The maximum absolute atomic E-state index is 17.9. The van der Waals surface area contributed by atoms with E-state index in [0.717, 1.165) is 45.8 Å². The Morgan fingerprint density at radius 2 is 1.28 bits per heavy atom. The van der Waals surface area contributed by atoms with Crippen LogP contribution in [0.5, 0.6) is 0 Å². The maximum Gasteiger partial charge on any atom is 0.306 e. The van der Waals surface area contributed by atoms with Gasteiger partial charge in [-0.05, 0) is 144 Å². The van der Waals surface area contributed by atoms with E-state index >= 15 is 8.78 Å². The molecule has 2 spiro atoms. The highest BCUT2D eigenvalue weighted by Gasteiger charge is 2.82. The molecule has 14 nitrogen and oxygen atoms in total. The van der Waals surface area contributed by atoms with E-state index in [1.54, 1.807) is 26.0 Å². The molecule has 2 aliphatic heterocycles. The van der Waals surface area contributed by atoms with Crippen molar-refractivity contribution in [1.82, 2.24) is 0 Å². The number of halogens is 2. The molecule has 2 aromatic rings. The van der Waals surface area contributed by atoms with E-state index in [0.29, 0.717) is 32.1 Å². The predicted molar refractivity (Wildman–Crippen MR) is 304 cm³/mol. The van der Waals surface area contributed by atoms with Crippen LogP contribution in [0, 0.1) is 71.0 Å². The third-order valence-electron chi connectivity index (χ3n) is 22.4. The first-order valence-corrected chi connectivity index (χ1v) is 29.7. The number of ketones is 2. The van der Waals surface area contributed by atoms with Crippen LogP contribution in [0.1, 0.15) is 131 Å². The zero-order chi connectivity index (χ0) is 59.2. The van der Waals surface area contributed by atoms with E-state index in [1.165, 1.54) is 6.08 Å². The number of nitrogen functional groups attached to an aromatic ring is 1. The number of aliphatic imine (C=N–C) groups is 1. The second-order valence-corrected chi connectivity index (χ2v) is 26.1. The Balaban J connectivity index is 0.000000167. The summed E-state index contributed by atoms with van der Waals surface area (Å²) in [5, 5.41) is 23.4. The number of alkyl halides is 2. The Labute approximate surface area is 481 Å². The Hall–Kier alpha value is -5.23. The lowest BCUT2D eigenvalue weighted by Gasteiger charge is -2.63. The molecule has 8 fully saturated rings. The summed E-state index contributed by atoms with van der Waals surface area (Å²) in [4.78, 5) is 55.6. The van der Waals surface area contributed by atoms with Crippen molar-refractivity contribution in [2.45, 2.75) is 174 Å². The minimum Gasteiger partial charge on any atom is -0.457 e. The Morgan fingerprint density at radius 3 is 1.87 bits per heavy atom. The predicted octanol–water partition coefficient (Wildman–Crippen LogP) is 11.0. The number of nitrogens with two attached hydrogens (primary N) is 1. The molecule has 0 aromatic heterocycles. The van der Waals surface area contributed by atoms with Gasteiger partial charge >= 0.3 is 11.9 Å². The van der Waals surface area contributed by atoms with Gasteiger partial charge in [-0.2, -0.15) is 0 Å². The molecule has 17 atom stereocenters. The third kappa shape index (κ3) is 8.50. The molecule has 2 saturated heterocycles. The number of hydrogen-bond acceptors (Lipinski definition) is 14. The SMILES string of the molecule is CCC(=O)OCC(=O)[C@@]1(OC(=O)CC)[C@@H](C)C[C@H]2[C@@H]3CCC4=CC(=Nc5ccccc5C)C=C[C@]4(C)[C@@]3(F)[C@@H](O)C[C@@]21C.C[C@H]1C[C@H]2[C@@H]3CCC4=CC(=O)C=C[C@]4(C)[C@@]3(F)[C@@H](O)C[C@]2(C)[C@]12OCOC21COCO1.Cc1ccccc1N. The lowest BCUT2D eigenvalue weighted by Crippen LogP contribution is -2.71. The van der Waals surface area contributed by atoms with Crippen LogP contribution in [0.15, 0.2) is 101 Å². The van der Waals surface area contributed by atoms with Gasteiger partial charge in [-0.25, -0.2) is 13.8 Å². The number of fused-ring (bicyclic) bond motifs is 12. The summed E-state index contributed by atoms with van der Waals surface area (Å²) in [6.07, 6.45) is 11.7. The van der Waals surface area contributed by atoms with E-state index in [9.17, 15) is 29.4 Å². The van der Waals surface area contributed by atoms with Gasteiger partial charge in [-0.1, -0.05) is 101 Å². The lowest BCUT2D eigenvalue weighted by atomic mass is 9.44. The van der Waals surface area contributed by atoms with Crippen LogP contribution in [-0.2, 0) is 47.6 Å². The molecule has 1 unspecified atom stereocenters. The number of carbonyl (C=O) groups is 4. The van der Waals surface area contributed by atoms with Crippen molar-refractivity contribution >= 4 is 40.6 Å². The molecule has 0 radical (unpaired) electrons. The fourth-order valence-electron chi connectivity index (χ4n) is 18.2. The smallest absolute Gasteiger partial charge is 0.306 e. The summed E-state index contributed by atoms with van der Waals surface area (Å²) in [5.74, 6) is -4.42. The molecule has 6 saturated carbocycles. The van der Waals surface area contributed by atoms with Gasteiger partial charge in [0, 0.05) is 57.9 Å². The van der Waals surface area contributed by atoms with Crippen molar-refractivity contribution < 1.29 is 66.6 Å². The van der Waals surface area contributed by atoms with Crippen LogP contribution >= 0.6 is 0 Å². The number of aryl methyl sites for hydroxylation is 2. The van der Waals surface area contributed by atoms with Gasteiger partial charge in [0.1, 0.15) is 12.2 Å². The second-order valence-electron chi connectivity index (χ2n) is 26.1. The molecule has 2 aromatic carbocycles. The molecule has 4 N–H and O–H groups in total. The summed E-state index contributed by atoms with van der Waals surface area (Å²) >= 11 is 0. The molecule has 12 rings (SSSR count). The highest BCUT2D eigenvalue weighted by molar-refractivity contribution is 6.07. The first kappa shape index (κ1) is 59.9. The Bertz CT molecular complexity index is 3020.